The van der Waals surface area contributed by atoms with Crippen LogP contribution >= 0.6 is 23.1 Å². The number of aliphatic imine (C=N–C) groups is 1. The summed E-state index contributed by atoms with van der Waals surface area (Å²) in [6.07, 6.45) is 3.50. The monoisotopic (exact) mass is 374 g/mol. The number of rotatable bonds is 6. The summed E-state index contributed by atoms with van der Waals surface area (Å²) in [6.45, 7) is 4.14. The molecule has 0 amide bonds. The standard InChI is InChI=1S/C19H26N4S2/c1-19(10-6-12-25-19)14-22-18(20-2)21-11-9-16-13-24-17(23-16)15-7-4-3-5-8-15/h3-5,7-8,13H,6,9-12,14H2,1-2H3,(H2,20,21,22). The zero-order valence-corrected chi connectivity index (χ0v) is 16.6. The fraction of sp³-hybridized carbons (Fsp3) is 0.474. The summed E-state index contributed by atoms with van der Waals surface area (Å²) in [4.78, 5) is 9.07. The minimum Gasteiger partial charge on any atom is -0.356 e. The van der Waals surface area contributed by atoms with Crippen LogP contribution in [0.2, 0.25) is 0 Å². The van der Waals surface area contributed by atoms with Gasteiger partial charge in [-0.3, -0.25) is 4.99 Å². The molecule has 1 saturated heterocycles. The highest BCUT2D eigenvalue weighted by atomic mass is 32.2. The molecule has 0 radical (unpaired) electrons. The van der Waals surface area contributed by atoms with Gasteiger partial charge in [-0.25, -0.2) is 4.98 Å². The van der Waals surface area contributed by atoms with E-state index >= 15 is 0 Å². The number of nitrogens with one attached hydrogen (secondary N) is 2. The average Bonchev–Trinajstić information content (AvgIpc) is 3.28. The van der Waals surface area contributed by atoms with Crippen LogP contribution in [0.25, 0.3) is 10.6 Å². The lowest BCUT2D eigenvalue weighted by atomic mass is 10.1. The van der Waals surface area contributed by atoms with Gasteiger partial charge in [-0.2, -0.15) is 11.8 Å². The number of thiazole rings is 1. The molecule has 0 spiro atoms. The highest BCUT2D eigenvalue weighted by molar-refractivity contribution is 8.00. The predicted molar refractivity (Wildman–Crippen MR) is 111 cm³/mol. The second kappa shape index (κ2) is 8.72. The van der Waals surface area contributed by atoms with Crippen molar-refractivity contribution >= 4 is 29.1 Å². The molecule has 1 fully saturated rings. The first kappa shape index (κ1) is 18.3. The van der Waals surface area contributed by atoms with Gasteiger partial charge in [0.25, 0.3) is 0 Å². The highest BCUT2D eigenvalue weighted by Crippen LogP contribution is 2.36. The molecule has 4 nitrogen and oxygen atoms in total. The molecule has 1 aliphatic rings. The number of hydrogen-bond acceptors (Lipinski definition) is 4. The number of thioether (sulfide) groups is 1. The molecule has 1 aromatic carbocycles. The Balaban J connectivity index is 1.44. The number of aromatic nitrogens is 1. The Kier molecular flexibility index (Phi) is 6.37. The first-order valence-electron chi connectivity index (χ1n) is 8.77. The Morgan fingerprint density at radius 2 is 2.12 bits per heavy atom. The zero-order chi connectivity index (χ0) is 17.5. The molecule has 1 aromatic heterocycles. The smallest absolute Gasteiger partial charge is 0.191 e. The van der Waals surface area contributed by atoms with Crippen LogP contribution in [0.1, 0.15) is 25.5 Å². The summed E-state index contributed by atoms with van der Waals surface area (Å²) in [6, 6.07) is 10.3. The molecule has 3 rings (SSSR count). The summed E-state index contributed by atoms with van der Waals surface area (Å²) < 4.78 is 0.344. The normalized spacial score (nSPS) is 20.6. The molecule has 0 bridgehead atoms. The van der Waals surface area contributed by atoms with Crippen molar-refractivity contribution in [2.24, 2.45) is 4.99 Å². The van der Waals surface area contributed by atoms with Crippen molar-refractivity contribution in [2.75, 3.05) is 25.9 Å². The quantitative estimate of drug-likeness (QED) is 0.596. The number of benzene rings is 1. The van der Waals surface area contributed by atoms with E-state index in [9.17, 15) is 0 Å². The topological polar surface area (TPSA) is 49.3 Å². The Hall–Kier alpha value is -1.53. The van der Waals surface area contributed by atoms with Crippen LogP contribution < -0.4 is 10.6 Å². The van der Waals surface area contributed by atoms with Crippen molar-refractivity contribution in [2.45, 2.75) is 30.9 Å². The third kappa shape index (κ3) is 5.22. The SMILES string of the molecule is CN=C(NCCc1csc(-c2ccccc2)n1)NCC1(C)CCCS1. The molecule has 2 aromatic rings. The molecule has 1 unspecified atom stereocenters. The Morgan fingerprint density at radius 1 is 1.28 bits per heavy atom. The summed E-state index contributed by atoms with van der Waals surface area (Å²) in [5.74, 6) is 2.16. The van der Waals surface area contributed by atoms with E-state index in [2.05, 4.69) is 64.0 Å². The van der Waals surface area contributed by atoms with Gasteiger partial charge >= 0.3 is 0 Å². The second-order valence-corrected chi connectivity index (χ2v) is 9.06. The van der Waals surface area contributed by atoms with Gasteiger partial charge in [-0.05, 0) is 25.5 Å². The molecule has 6 heteroatoms. The Bertz CT molecular complexity index is 690. The molecule has 1 atom stereocenters. The average molecular weight is 375 g/mol. The largest absolute Gasteiger partial charge is 0.356 e. The zero-order valence-electron chi connectivity index (χ0n) is 14.9. The molecule has 2 N–H and O–H groups in total. The molecular weight excluding hydrogens is 348 g/mol. The number of nitrogens with zero attached hydrogens (tertiary/aromatic N) is 2. The van der Waals surface area contributed by atoms with Gasteiger partial charge < -0.3 is 10.6 Å². The van der Waals surface area contributed by atoms with Crippen molar-refractivity contribution in [1.29, 1.82) is 0 Å². The van der Waals surface area contributed by atoms with Crippen molar-refractivity contribution in [3.05, 3.63) is 41.4 Å². The predicted octanol–water partition coefficient (Wildman–Crippen LogP) is 3.80. The fourth-order valence-electron chi connectivity index (χ4n) is 2.91. The van der Waals surface area contributed by atoms with Crippen molar-refractivity contribution in [3.8, 4) is 10.6 Å². The van der Waals surface area contributed by atoms with E-state index in [4.69, 9.17) is 4.98 Å². The fourth-order valence-corrected chi connectivity index (χ4v) is 5.02. The lowest BCUT2D eigenvalue weighted by Gasteiger charge is -2.24. The van der Waals surface area contributed by atoms with Gasteiger partial charge in [0.2, 0.25) is 0 Å². The molecule has 134 valence electrons. The minimum absolute atomic E-state index is 0.344. The van der Waals surface area contributed by atoms with E-state index < -0.39 is 0 Å². The summed E-state index contributed by atoms with van der Waals surface area (Å²) in [5, 5.41) is 10.1. The lowest BCUT2D eigenvalue weighted by molar-refractivity contribution is 0.584. The van der Waals surface area contributed by atoms with E-state index in [0.717, 1.165) is 36.2 Å². The Morgan fingerprint density at radius 3 is 2.84 bits per heavy atom. The second-order valence-electron chi connectivity index (χ2n) is 6.51. The third-order valence-electron chi connectivity index (χ3n) is 4.40. The van der Waals surface area contributed by atoms with Gasteiger partial charge in [0.15, 0.2) is 5.96 Å². The minimum atomic E-state index is 0.344. The maximum absolute atomic E-state index is 4.74. The molecule has 25 heavy (non-hydrogen) atoms. The van der Waals surface area contributed by atoms with E-state index in [1.807, 2.05) is 13.1 Å². The van der Waals surface area contributed by atoms with Gasteiger partial charge in [0.1, 0.15) is 5.01 Å². The van der Waals surface area contributed by atoms with Gasteiger partial charge in [0, 0.05) is 42.2 Å². The van der Waals surface area contributed by atoms with E-state index in [0.29, 0.717) is 4.75 Å². The maximum atomic E-state index is 4.74. The molecule has 0 saturated carbocycles. The van der Waals surface area contributed by atoms with Crippen LogP contribution in [-0.4, -0.2) is 41.6 Å². The summed E-state index contributed by atoms with van der Waals surface area (Å²) >= 11 is 3.77. The third-order valence-corrected chi connectivity index (χ3v) is 6.88. The van der Waals surface area contributed by atoms with Crippen molar-refractivity contribution in [3.63, 3.8) is 0 Å². The van der Waals surface area contributed by atoms with E-state index in [1.165, 1.54) is 24.2 Å². The van der Waals surface area contributed by atoms with Crippen molar-refractivity contribution < 1.29 is 0 Å². The van der Waals surface area contributed by atoms with Crippen LogP contribution in [0.15, 0.2) is 40.7 Å². The van der Waals surface area contributed by atoms with Gasteiger partial charge in [0.05, 0.1) is 5.69 Å². The molecule has 0 aliphatic carbocycles. The van der Waals surface area contributed by atoms with Crippen LogP contribution in [0.5, 0.6) is 0 Å². The summed E-state index contributed by atoms with van der Waals surface area (Å²) in [5.41, 5.74) is 2.32. The number of guanidine groups is 1. The van der Waals surface area contributed by atoms with Crippen molar-refractivity contribution in [1.82, 2.24) is 15.6 Å². The van der Waals surface area contributed by atoms with E-state index in [1.54, 1.807) is 11.3 Å². The first-order chi connectivity index (χ1) is 12.2. The molecular formula is C19H26N4S2. The van der Waals surface area contributed by atoms with E-state index in [-0.39, 0.29) is 0 Å². The summed E-state index contributed by atoms with van der Waals surface area (Å²) in [7, 11) is 1.83. The van der Waals surface area contributed by atoms with Gasteiger partial charge in [-0.1, -0.05) is 30.3 Å². The maximum Gasteiger partial charge on any atom is 0.191 e. The van der Waals surface area contributed by atoms with Crippen LogP contribution in [0, 0.1) is 0 Å². The van der Waals surface area contributed by atoms with Crippen LogP contribution in [-0.2, 0) is 6.42 Å². The van der Waals surface area contributed by atoms with Gasteiger partial charge in [-0.15, -0.1) is 11.3 Å². The highest BCUT2D eigenvalue weighted by Gasteiger charge is 2.29. The molecule has 1 aliphatic heterocycles. The lowest BCUT2D eigenvalue weighted by Crippen LogP contribution is -2.44. The first-order valence-corrected chi connectivity index (χ1v) is 10.6. The number of hydrogen-bond donors (Lipinski definition) is 2. The molecule has 2 heterocycles. The van der Waals surface area contributed by atoms with Crippen LogP contribution in [0.4, 0.5) is 0 Å². The van der Waals surface area contributed by atoms with Crippen LogP contribution in [0.3, 0.4) is 0 Å². The Labute approximate surface area is 158 Å².